The van der Waals surface area contributed by atoms with E-state index in [0.29, 0.717) is 23.9 Å². The molecule has 0 N–H and O–H groups in total. The third kappa shape index (κ3) is 72.0. The Bertz CT molecular complexity index is 1690. The Hall–Kier alpha value is -3.27. The second-order valence-corrected chi connectivity index (χ2v) is 26.9. The van der Waals surface area contributed by atoms with Crippen molar-refractivity contribution >= 4 is 17.9 Å². The topological polar surface area (TPSA) is 111 Å². The number of ether oxygens (including phenoxy) is 4. The van der Waals surface area contributed by atoms with Crippen LogP contribution in [0.15, 0.2) is 72.9 Å². The van der Waals surface area contributed by atoms with Crippen molar-refractivity contribution in [3.63, 3.8) is 0 Å². The molecule has 0 amide bonds. The molecule has 0 heterocycles. The van der Waals surface area contributed by atoms with Crippen molar-refractivity contribution < 1.29 is 42.9 Å². The van der Waals surface area contributed by atoms with Crippen LogP contribution >= 0.6 is 0 Å². The molecule has 0 aromatic carbocycles. The molecule has 0 aliphatic rings. The predicted octanol–water partition coefficient (Wildman–Crippen LogP) is 22.7. The zero-order valence-corrected chi connectivity index (χ0v) is 59.3. The largest absolute Gasteiger partial charge is 0.545 e. The molecular formula is C80H145NO8. The third-order valence-corrected chi connectivity index (χ3v) is 16.9. The van der Waals surface area contributed by atoms with E-state index >= 15 is 0 Å². The van der Waals surface area contributed by atoms with Gasteiger partial charge in [0.25, 0.3) is 0 Å². The summed E-state index contributed by atoms with van der Waals surface area (Å²) in [4.78, 5) is 37.5. The summed E-state index contributed by atoms with van der Waals surface area (Å²) in [5, 5.41) is 11.8. The van der Waals surface area contributed by atoms with Gasteiger partial charge in [-0.2, -0.15) is 0 Å². The molecule has 0 aliphatic carbocycles. The van der Waals surface area contributed by atoms with Gasteiger partial charge >= 0.3 is 11.9 Å². The number of quaternary nitrogens is 1. The number of carboxylic acid groups (broad SMARTS) is 1. The van der Waals surface area contributed by atoms with Crippen molar-refractivity contribution in [1.82, 2.24) is 0 Å². The van der Waals surface area contributed by atoms with Crippen LogP contribution in [0.1, 0.15) is 361 Å². The molecule has 0 radical (unpaired) electrons. The standard InChI is InChI=1S/C80H145NO8/c1-6-8-10-12-14-16-18-20-22-24-26-28-30-31-32-33-34-35-36-37-38-39-40-41-42-43-44-45-46-47-49-51-53-55-57-59-61-63-65-67-69-71-78(83)89-76(75-88-80(79(84)85)86-73-72-81(3,4)5)74-87-77(82)70-68-66-64-62-60-58-56-54-52-50-48-29-27-25-23-21-19-17-15-13-11-9-7-2/h8,10,14,16,19-22,25-28,76,80H,6-7,9,11-13,15,17-18,23-24,29-75H2,1-5H3/b10-8-,16-14-,21-19-,22-20-,27-25-,28-26-. The van der Waals surface area contributed by atoms with Crippen LogP contribution in [0.5, 0.6) is 0 Å². The van der Waals surface area contributed by atoms with Gasteiger partial charge in [0.05, 0.1) is 40.3 Å². The average molecular weight is 1250 g/mol. The maximum atomic E-state index is 13.0. The lowest BCUT2D eigenvalue weighted by atomic mass is 10.0. The molecule has 0 spiro atoms. The molecule has 89 heavy (non-hydrogen) atoms. The van der Waals surface area contributed by atoms with E-state index in [1.807, 2.05) is 21.1 Å². The Kier molecular flexibility index (Phi) is 68.0. The van der Waals surface area contributed by atoms with E-state index < -0.39 is 24.3 Å². The molecule has 9 heteroatoms. The summed E-state index contributed by atoms with van der Waals surface area (Å²) in [6, 6.07) is 0. The summed E-state index contributed by atoms with van der Waals surface area (Å²) >= 11 is 0. The van der Waals surface area contributed by atoms with E-state index in [2.05, 4.69) is 86.8 Å². The fraction of sp³-hybridized carbons (Fsp3) is 0.812. The number of unbranched alkanes of at least 4 members (excludes halogenated alkanes) is 44. The average Bonchev–Trinajstić information content (AvgIpc) is 3.64. The van der Waals surface area contributed by atoms with Crippen LogP contribution in [0.3, 0.4) is 0 Å². The van der Waals surface area contributed by atoms with Crippen LogP contribution in [-0.4, -0.2) is 82.3 Å². The quantitative estimate of drug-likeness (QED) is 0.0195. The first-order chi connectivity index (χ1) is 43.6. The molecule has 0 aromatic rings. The lowest BCUT2D eigenvalue weighted by molar-refractivity contribution is -0.870. The molecule has 0 fully saturated rings. The van der Waals surface area contributed by atoms with Crippen LogP contribution in [0.4, 0.5) is 0 Å². The molecule has 2 atom stereocenters. The summed E-state index contributed by atoms with van der Waals surface area (Å²) in [6.45, 7) is 4.68. The first kappa shape index (κ1) is 85.7. The number of carboxylic acids is 1. The summed E-state index contributed by atoms with van der Waals surface area (Å²) in [7, 11) is 5.94. The van der Waals surface area contributed by atoms with Crippen LogP contribution in [0.25, 0.3) is 0 Å². The van der Waals surface area contributed by atoms with E-state index in [1.54, 1.807) is 0 Å². The van der Waals surface area contributed by atoms with Gasteiger partial charge in [0.1, 0.15) is 13.2 Å². The van der Waals surface area contributed by atoms with Crippen LogP contribution < -0.4 is 5.11 Å². The van der Waals surface area contributed by atoms with Crippen molar-refractivity contribution in [2.45, 2.75) is 373 Å². The van der Waals surface area contributed by atoms with Gasteiger partial charge in [-0.3, -0.25) is 9.59 Å². The number of rotatable bonds is 71. The van der Waals surface area contributed by atoms with Gasteiger partial charge in [0, 0.05) is 12.8 Å². The first-order valence-electron chi connectivity index (χ1n) is 38.1. The highest BCUT2D eigenvalue weighted by molar-refractivity contribution is 5.70. The Morgan fingerprint density at radius 2 is 0.640 bits per heavy atom. The molecule has 2 unspecified atom stereocenters. The second kappa shape index (κ2) is 70.6. The number of nitrogens with zero attached hydrogens (tertiary/aromatic N) is 1. The van der Waals surface area contributed by atoms with E-state index in [1.165, 1.54) is 263 Å². The number of carbonyl (C=O) groups excluding carboxylic acids is 3. The summed E-state index contributed by atoms with van der Waals surface area (Å²) in [5.41, 5.74) is 0. The minimum absolute atomic E-state index is 0.148. The van der Waals surface area contributed by atoms with E-state index in [-0.39, 0.29) is 32.2 Å². The summed E-state index contributed by atoms with van der Waals surface area (Å²) in [6.07, 6.45) is 91.6. The maximum absolute atomic E-state index is 13.0. The fourth-order valence-electron chi connectivity index (χ4n) is 11.2. The Morgan fingerprint density at radius 3 is 0.955 bits per heavy atom. The normalized spacial score (nSPS) is 13.0. The second-order valence-electron chi connectivity index (χ2n) is 26.9. The van der Waals surface area contributed by atoms with Crippen molar-refractivity contribution in [1.29, 1.82) is 0 Å². The number of allylic oxidation sites excluding steroid dienone is 12. The van der Waals surface area contributed by atoms with Gasteiger partial charge in [0.15, 0.2) is 12.4 Å². The molecule has 0 saturated carbocycles. The molecule has 0 saturated heterocycles. The van der Waals surface area contributed by atoms with Crippen molar-refractivity contribution in [3.8, 4) is 0 Å². The molecular weight excluding hydrogens is 1100 g/mol. The van der Waals surface area contributed by atoms with Gasteiger partial charge in [-0.1, -0.05) is 337 Å². The first-order valence-corrected chi connectivity index (χ1v) is 38.1. The SMILES string of the molecule is CC/C=C\C/C=C\C/C=C\C/C=C\CCCCCCCCCCCCCCCCCCCCCCCCCCCCCCC(=O)OC(COC(=O)CCCCCCCCCCCCC/C=C\C/C=C\CCCCCCC)COC(OCC[N+](C)(C)C)C(=O)[O-]. The molecule has 0 bridgehead atoms. The van der Waals surface area contributed by atoms with Gasteiger partial charge in [0.2, 0.25) is 0 Å². The van der Waals surface area contributed by atoms with Crippen LogP contribution in [0, 0.1) is 0 Å². The number of likely N-dealkylation sites (N-methyl/N-ethyl adjacent to an activating group) is 1. The lowest BCUT2D eigenvalue weighted by Crippen LogP contribution is -2.44. The van der Waals surface area contributed by atoms with Gasteiger partial charge in [-0.05, 0) is 83.5 Å². The molecule has 0 rings (SSSR count). The smallest absolute Gasteiger partial charge is 0.306 e. The van der Waals surface area contributed by atoms with Crippen LogP contribution in [-0.2, 0) is 33.3 Å². The highest BCUT2D eigenvalue weighted by atomic mass is 16.7. The highest BCUT2D eigenvalue weighted by Crippen LogP contribution is 2.19. The minimum Gasteiger partial charge on any atom is -0.545 e. The highest BCUT2D eigenvalue weighted by Gasteiger charge is 2.22. The zero-order valence-electron chi connectivity index (χ0n) is 59.3. The van der Waals surface area contributed by atoms with Crippen molar-refractivity contribution in [3.05, 3.63) is 72.9 Å². The van der Waals surface area contributed by atoms with E-state index in [4.69, 9.17) is 18.9 Å². The fourth-order valence-corrected chi connectivity index (χ4v) is 11.2. The molecule has 0 aliphatic heterocycles. The Balaban J connectivity index is 3.95. The van der Waals surface area contributed by atoms with E-state index in [9.17, 15) is 19.5 Å². The molecule has 9 nitrogen and oxygen atoms in total. The monoisotopic (exact) mass is 1250 g/mol. The van der Waals surface area contributed by atoms with Gasteiger partial charge in [-0.25, -0.2) is 0 Å². The number of hydrogen-bond donors (Lipinski definition) is 0. The van der Waals surface area contributed by atoms with Crippen LogP contribution in [0.2, 0.25) is 0 Å². The molecule has 0 aromatic heterocycles. The lowest BCUT2D eigenvalue weighted by Gasteiger charge is -2.26. The molecule has 518 valence electrons. The Morgan fingerprint density at radius 1 is 0.348 bits per heavy atom. The zero-order chi connectivity index (χ0) is 64.7. The predicted molar refractivity (Wildman–Crippen MR) is 380 cm³/mol. The van der Waals surface area contributed by atoms with Crippen molar-refractivity contribution in [2.24, 2.45) is 0 Å². The number of carbonyl (C=O) groups is 3. The number of esters is 2. The maximum Gasteiger partial charge on any atom is 0.306 e. The summed E-state index contributed by atoms with van der Waals surface area (Å²) in [5.74, 6) is -2.26. The van der Waals surface area contributed by atoms with Gasteiger partial charge in [-0.15, -0.1) is 0 Å². The number of hydrogen-bond acceptors (Lipinski definition) is 8. The number of aliphatic carboxylic acids is 1. The van der Waals surface area contributed by atoms with Crippen molar-refractivity contribution in [2.75, 3.05) is 47.5 Å². The Labute approximate surface area is 551 Å². The summed E-state index contributed by atoms with van der Waals surface area (Å²) < 4.78 is 22.8. The van der Waals surface area contributed by atoms with Gasteiger partial charge < -0.3 is 33.3 Å². The van der Waals surface area contributed by atoms with E-state index in [0.717, 1.165) is 64.2 Å². The third-order valence-electron chi connectivity index (χ3n) is 16.9. The minimum atomic E-state index is -1.62.